The summed E-state index contributed by atoms with van der Waals surface area (Å²) < 4.78 is 5.61. The Bertz CT molecular complexity index is 842. The van der Waals surface area contributed by atoms with Gasteiger partial charge in [-0.15, -0.1) is 10.2 Å². The van der Waals surface area contributed by atoms with Gasteiger partial charge in [0, 0.05) is 44.7 Å². The van der Waals surface area contributed by atoms with E-state index in [2.05, 4.69) is 15.5 Å². The third-order valence-electron chi connectivity index (χ3n) is 4.00. The number of nitrogens with one attached hydrogen (secondary N) is 1. The molecule has 1 heterocycles. The first-order chi connectivity index (χ1) is 12.6. The average molecular weight is 350 g/mol. The van der Waals surface area contributed by atoms with Crippen molar-refractivity contribution in [2.24, 2.45) is 0 Å². The molecule has 1 N–H and O–H groups in total. The molecule has 6 heteroatoms. The molecule has 0 atom stereocenters. The lowest BCUT2D eigenvalue weighted by Crippen LogP contribution is -2.23. The molecule has 0 radical (unpaired) electrons. The minimum atomic E-state index is -0.0406. The molecular formula is C20H22N4O2. The summed E-state index contributed by atoms with van der Waals surface area (Å²) in [6, 6.07) is 17.7. The SMILES string of the molecule is CN(C)c1ccc(CNC(=O)CCc2nnc(-c3ccccc3)o2)cc1. The first-order valence-corrected chi connectivity index (χ1v) is 8.52. The van der Waals surface area contributed by atoms with Crippen LogP contribution < -0.4 is 10.2 Å². The van der Waals surface area contributed by atoms with Crippen molar-refractivity contribution in [3.8, 4) is 11.5 Å². The number of carbonyl (C=O) groups excluding carboxylic acids is 1. The fraction of sp³-hybridized carbons (Fsp3) is 0.250. The Morgan fingerprint density at radius 3 is 2.46 bits per heavy atom. The lowest BCUT2D eigenvalue weighted by atomic mass is 10.2. The predicted molar refractivity (Wildman–Crippen MR) is 101 cm³/mol. The summed E-state index contributed by atoms with van der Waals surface area (Å²) in [5.41, 5.74) is 3.07. The summed E-state index contributed by atoms with van der Waals surface area (Å²) in [6.45, 7) is 0.506. The highest BCUT2D eigenvalue weighted by Crippen LogP contribution is 2.17. The van der Waals surface area contributed by atoms with Crippen LogP contribution in [0.25, 0.3) is 11.5 Å². The van der Waals surface area contributed by atoms with Gasteiger partial charge in [0.1, 0.15) is 0 Å². The zero-order valence-electron chi connectivity index (χ0n) is 15.0. The Morgan fingerprint density at radius 1 is 1.04 bits per heavy atom. The van der Waals surface area contributed by atoms with Crippen molar-refractivity contribution in [1.82, 2.24) is 15.5 Å². The number of rotatable bonds is 7. The molecule has 26 heavy (non-hydrogen) atoms. The van der Waals surface area contributed by atoms with Crippen LogP contribution in [0.5, 0.6) is 0 Å². The Kier molecular flexibility index (Phi) is 5.63. The van der Waals surface area contributed by atoms with Gasteiger partial charge in [-0.1, -0.05) is 30.3 Å². The van der Waals surface area contributed by atoms with Gasteiger partial charge in [0.2, 0.25) is 17.7 Å². The number of hydrogen-bond acceptors (Lipinski definition) is 5. The van der Waals surface area contributed by atoms with E-state index in [-0.39, 0.29) is 5.91 Å². The normalized spacial score (nSPS) is 10.5. The number of hydrogen-bond donors (Lipinski definition) is 1. The monoisotopic (exact) mass is 350 g/mol. The van der Waals surface area contributed by atoms with Gasteiger partial charge in [-0.2, -0.15) is 0 Å². The second kappa shape index (κ2) is 8.29. The topological polar surface area (TPSA) is 71.3 Å². The van der Waals surface area contributed by atoms with Crippen molar-refractivity contribution in [2.45, 2.75) is 19.4 Å². The predicted octanol–water partition coefficient (Wildman–Crippen LogP) is 3.05. The van der Waals surface area contributed by atoms with Gasteiger partial charge in [0.15, 0.2) is 0 Å². The molecule has 0 aliphatic heterocycles. The summed E-state index contributed by atoms with van der Waals surface area (Å²) in [5.74, 6) is 0.900. The zero-order chi connectivity index (χ0) is 18.4. The summed E-state index contributed by atoms with van der Waals surface area (Å²) in [7, 11) is 4.00. The van der Waals surface area contributed by atoms with Crippen LogP contribution in [0.4, 0.5) is 5.69 Å². The average Bonchev–Trinajstić information content (AvgIpc) is 3.15. The van der Waals surface area contributed by atoms with Crippen molar-refractivity contribution in [3.63, 3.8) is 0 Å². The van der Waals surface area contributed by atoms with Gasteiger partial charge >= 0.3 is 0 Å². The molecule has 0 fully saturated rings. The Morgan fingerprint density at radius 2 is 1.77 bits per heavy atom. The molecule has 0 saturated heterocycles. The first-order valence-electron chi connectivity index (χ1n) is 8.52. The molecule has 0 saturated carbocycles. The number of anilines is 1. The molecule has 3 aromatic rings. The number of nitrogens with zero attached hydrogens (tertiary/aromatic N) is 3. The Balaban J connectivity index is 1.46. The molecule has 1 aromatic heterocycles. The van der Waals surface area contributed by atoms with Gasteiger partial charge in [-0.25, -0.2) is 0 Å². The van der Waals surface area contributed by atoms with Crippen LogP contribution in [0.2, 0.25) is 0 Å². The minimum absolute atomic E-state index is 0.0406. The van der Waals surface area contributed by atoms with E-state index >= 15 is 0 Å². The Hall–Kier alpha value is -3.15. The van der Waals surface area contributed by atoms with Crippen LogP contribution >= 0.6 is 0 Å². The van der Waals surface area contributed by atoms with E-state index in [9.17, 15) is 4.79 Å². The zero-order valence-corrected chi connectivity index (χ0v) is 15.0. The summed E-state index contributed by atoms with van der Waals surface area (Å²) in [6.07, 6.45) is 0.734. The fourth-order valence-electron chi connectivity index (χ4n) is 2.47. The van der Waals surface area contributed by atoms with Crippen LogP contribution in [0.1, 0.15) is 17.9 Å². The quantitative estimate of drug-likeness (QED) is 0.709. The van der Waals surface area contributed by atoms with E-state index in [1.54, 1.807) is 0 Å². The molecule has 0 aliphatic carbocycles. The maximum Gasteiger partial charge on any atom is 0.247 e. The molecule has 2 aromatic carbocycles. The maximum atomic E-state index is 12.0. The molecule has 6 nitrogen and oxygen atoms in total. The first kappa shape index (κ1) is 17.7. The molecule has 1 amide bonds. The van der Waals surface area contributed by atoms with Crippen LogP contribution in [0, 0.1) is 0 Å². The van der Waals surface area contributed by atoms with Gasteiger partial charge in [0.05, 0.1) is 0 Å². The molecule has 0 spiro atoms. The van der Waals surface area contributed by atoms with Crippen LogP contribution in [-0.2, 0) is 17.8 Å². The van der Waals surface area contributed by atoms with Crippen LogP contribution in [0.15, 0.2) is 59.0 Å². The molecule has 3 rings (SSSR count). The van der Waals surface area contributed by atoms with Crippen LogP contribution in [0.3, 0.4) is 0 Å². The number of aromatic nitrogens is 2. The van der Waals surface area contributed by atoms with Gasteiger partial charge < -0.3 is 14.6 Å². The fourth-order valence-corrected chi connectivity index (χ4v) is 2.47. The summed E-state index contributed by atoms with van der Waals surface area (Å²) >= 11 is 0. The highest BCUT2D eigenvalue weighted by atomic mass is 16.4. The van der Waals surface area contributed by atoms with E-state index in [0.29, 0.717) is 31.2 Å². The molecule has 134 valence electrons. The van der Waals surface area contributed by atoms with Crippen molar-refractivity contribution in [3.05, 3.63) is 66.1 Å². The number of aryl methyl sites for hydroxylation is 1. The number of benzene rings is 2. The van der Waals surface area contributed by atoms with E-state index in [4.69, 9.17) is 4.42 Å². The standard InChI is InChI=1S/C20H22N4O2/c1-24(2)17-10-8-15(9-11-17)14-21-18(25)12-13-19-22-23-20(26-19)16-6-4-3-5-7-16/h3-11H,12-14H2,1-2H3,(H,21,25). The second-order valence-electron chi connectivity index (χ2n) is 6.20. The lowest BCUT2D eigenvalue weighted by Gasteiger charge is -2.12. The molecule has 0 aliphatic rings. The van der Waals surface area contributed by atoms with E-state index < -0.39 is 0 Å². The number of amides is 1. The lowest BCUT2D eigenvalue weighted by molar-refractivity contribution is -0.121. The summed E-state index contributed by atoms with van der Waals surface area (Å²) in [4.78, 5) is 14.1. The summed E-state index contributed by atoms with van der Waals surface area (Å²) in [5, 5.41) is 10.9. The third kappa shape index (κ3) is 4.69. The van der Waals surface area contributed by atoms with Crippen LogP contribution in [-0.4, -0.2) is 30.2 Å². The number of carbonyl (C=O) groups is 1. The highest BCUT2D eigenvalue weighted by Gasteiger charge is 2.10. The maximum absolute atomic E-state index is 12.0. The second-order valence-corrected chi connectivity index (χ2v) is 6.20. The molecule has 0 bridgehead atoms. The highest BCUT2D eigenvalue weighted by molar-refractivity contribution is 5.76. The van der Waals surface area contributed by atoms with Crippen molar-refractivity contribution >= 4 is 11.6 Å². The Labute approximate surface area is 152 Å². The van der Waals surface area contributed by atoms with E-state index in [0.717, 1.165) is 16.8 Å². The van der Waals surface area contributed by atoms with Gasteiger partial charge in [-0.05, 0) is 29.8 Å². The van der Waals surface area contributed by atoms with Crippen molar-refractivity contribution in [2.75, 3.05) is 19.0 Å². The molecule has 0 unspecified atom stereocenters. The largest absolute Gasteiger partial charge is 0.421 e. The van der Waals surface area contributed by atoms with Gasteiger partial charge in [0.25, 0.3) is 0 Å². The smallest absolute Gasteiger partial charge is 0.247 e. The van der Waals surface area contributed by atoms with Gasteiger partial charge in [-0.3, -0.25) is 4.79 Å². The van der Waals surface area contributed by atoms with Crippen molar-refractivity contribution < 1.29 is 9.21 Å². The van der Waals surface area contributed by atoms with Crippen molar-refractivity contribution in [1.29, 1.82) is 0 Å². The molecular weight excluding hydrogens is 328 g/mol. The van der Waals surface area contributed by atoms with E-state index in [1.807, 2.05) is 73.6 Å². The third-order valence-corrected chi connectivity index (χ3v) is 4.00. The minimum Gasteiger partial charge on any atom is -0.421 e. The van der Waals surface area contributed by atoms with E-state index in [1.165, 1.54) is 0 Å².